The lowest BCUT2D eigenvalue weighted by atomic mass is 9.88. The lowest BCUT2D eigenvalue weighted by Gasteiger charge is -2.55. The van der Waals surface area contributed by atoms with Crippen molar-refractivity contribution < 1.29 is 38.6 Å². The van der Waals surface area contributed by atoms with Crippen LogP contribution in [0.15, 0.2) is 78.2 Å². The molecule has 2 aliphatic rings. The Labute approximate surface area is 237 Å². The summed E-state index contributed by atoms with van der Waals surface area (Å²) < 4.78 is 4.78. The second kappa shape index (κ2) is 12.0. The van der Waals surface area contributed by atoms with Gasteiger partial charge in [-0.2, -0.15) is 0 Å². The number of primary amides is 1. The number of nitrogens with one attached hydrogen (secondary N) is 3. The number of carboxylic acid groups (broad SMARTS) is 1. The van der Waals surface area contributed by atoms with Crippen LogP contribution in [0.2, 0.25) is 0 Å². The molecule has 0 saturated carbocycles. The number of nitrogens with two attached hydrogens (primary N) is 1. The van der Waals surface area contributed by atoms with Gasteiger partial charge in [-0.3, -0.25) is 24.6 Å². The van der Waals surface area contributed by atoms with Crippen molar-refractivity contribution in [3.63, 3.8) is 0 Å². The Kier molecular flexibility index (Phi) is 8.42. The van der Waals surface area contributed by atoms with Crippen LogP contribution in [0.3, 0.4) is 0 Å². The van der Waals surface area contributed by atoms with Gasteiger partial charge in [0.2, 0.25) is 5.91 Å². The number of ether oxygens (including phenoxy) is 1. The Bertz CT molecular complexity index is 1460. The molecule has 13 nitrogen and oxygen atoms in total. The van der Waals surface area contributed by atoms with E-state index in [0.717, 1.165) is 22.2 Å². The van der Waals surface area contributed by atoms with Crippen LogP contribution < -0.4 is 21.7 Å². The molecular formula is C27H25N5O8S. The fourth-order valence-corrected chi connectivity index (χ4v) is 5.69. The van der Waals surface area contributed by atoms with Crippen LogP contribution in [0.4, 0.5) is 9.59 Å². The number of β-lactam (4-membered cyclic amide) rings is 1. The zero-order valence-electron chi connectivity index (χ0n) is 21.5. The van der Waals surface area contributed by atoms with Crippen molar-refractivity contribution >= 4 is 53.7 Å². The van der Waals surface area contributed by atoms with Crippen LogP contribution in [0.25, 0.3) is 6.08 Å². The summed E-state index contributed by atoms with van der Waals surface area (Å²) in [6.07, 6.45) is 1.45. The molecule has 212 valence electrons. The highest BCUT2D eigenvalue weighted by Crippen LogP contribution is 2.46. The van der Waals surface area contributed by atoms with E-state index in [2.05, 4.69) is 16.0 Å². The van der Waals surface area contributed by atoms with Gasteiger partial charge in [0.05, 0.1) is 5.75 Å². The second-order valence-electron chi connectivity index (χ2n) is 9.08. The van der Waals surface area contributed by atoms with Crippen molar-refractivity contribution in [1.29, 1.82) is 0 Å². The minimum atomic E-state index is -1.57. The Morgan fingerprint density at radius 1 is 1.10 bits per heavy atom. The summed E-state index contributed by atoms with van der Waals surface area (Å²) in [4.78, 5) is 75.6. The number of fused-ring (bicyclic) bond motifs is 1. The number of hydrogen-bond donors (Lipinski definition) is 5. The van der Waals surface area contributed by atoms with Gasteiger partial charge in [-0.15, -0.1) is 11.8 Å². The molecule has 0 aromatic heterocycles. The van der Waals surface area contributed by atoms with E-state index >= 15 is 0 Å². The summed E-state index contributed by atoms with van der Waals surface area (Å²) in [5.41, 5.74) is 4.00. The second-order valence-corrected chi connectivity index (χ2v) is 10.1. The molecule has 1 fully saturated rings. The molecule has 41 heavy (non-hydrogen) atoms. The number of nitrogens with zero attached hydrogens (tertiary/aromatic N) is 1. The predicted molar refractivity (Wildman–Crippen MR) is 146 cm³/mol. The minimum absolute atomic E-state index is 0.105. The average molecular weight is 580 g/mol. The molecule has 2 aromatic carbocycles. The van der Waals surface area contributed by atoms with E-state index in [1.165, 1.54) is 19.1 Å². The minimum Gasteiger partial charge on any atom is -0.476 e. The molecule has 2 heterocycles. The van der Waals surface area contributed by atoms with Crippen LogP contribution in [0, 0.1) is 0 Å². The van der Waals surface area contributed by atoms with Gasteiger partial charge in [-0.05, 0) is 24.1 Å². The van der Waals surface area contributed by atoms with E-state index in [9.17, 15) is 33.9 Å². The largest absolute Gasteiger partial charge is 0.476 e. The van der Waals surface area contributed by atoms with Crippen LogP contribution in [-0.2, 0) is 23.9 Å². The SMILES string of the molecule is CC1(NC(=O)C(NC(=O)NC(=O)C=Cc2ccccc2)c2ccccc2)C(=O)N2C(C(=O)O)=C(OC(N)=O)CS[C@H]21. The van der Waals surface area contributed by atoms with Crippen molar-refractivity contribution in [3.8, 4) is 0 Å². The molecule has 2 unspecified atom stereocenters. The van der Waals surface area contributed by atoms with E-state index in [-0.39, 0.29) is 11.5 Å². The van der Waals surface area contributed by atoms with Crippen LogP contribution in [0.1, 0.15) is 24.1 Å². The molecule has 2 aliphatic heterocycles. The number of amides is 6. The number of thioether (sulfide) groups is 1. The zero-order chi connectivity index (χ0) is 29.7. The lowest BCUT2D eigenvalue weighted by molar-refractivity contribution is -0.158. The highest BCUT2D eigenvalue weighted by atomic mass is 32.2. The molecule has 0 bridgehead atoms. The number of rotatable bonds is 8. The quantitative estimate of drug-likeness (QED) is 0.227. The molecule has 6 N–H and O–H groups in total. The number of benzene rings is 2. The van der Waals surface area contributed by atoms with Gasteiger partial charge in [-0.25, -0.2) is 14.4 Å². The number of aliphatic carboxylic acids is 1. The van der Waals surface area contributed by atoms with Gasteiger partial charge in [0, 0.05) is 6.08 Å². The molecule has 3 atom stereocenters. The highest BCUT2D eigenvalue weighted by Gasteiger charge is 2.63. The van der Waals surface area contributed by atoms with Gasteiger partial charge in [-0.1, -0.05) is 60.7 Å². The number of carboxylic acids is 1. The molecule has 4 rings (SSSR count). The predicted octanol–water partition coefficient (Wildman–Crippen LogP) is 1.45. The zero-order valence-corrected chi connectivity index (χ0v) is 22.3. The fourth-order valence-electron chi connectivity index (χ4n) is 4.34. The number of urea groups is 1. The first-order valence-electron chi connectivity index (χ1n) is 12.1. The highest BCUT2D eigenvalue weighted by molar-refractivity contribution is 8.00. The van der Waals surface area contributed by atoms with E-state index in [4.69, 9.17) is 10.5 Å². The Morgan fingerprint density at radius 2 is 1.73 bits per heavy atom. The Balaban J connectivity index is 1.49. The first-order valence-corrected chi connectivity index (χ1v) is 13.2. The maximum absolute atomic E-state index is 13.5. The van der Waals surface area contributed by atoms with Gasteiger partial charge >= 0.3 is 18.1 Å². The summed E-state index contributed by atoms with van der Waals surface area (Å²) in [6.45, 7) is 1.42. The van der Waals surface area contributed by atoms with Crippen molar-refractivity contribution in [2.75, 3.05) is 5.75 Å². The van der Waals surface area contributed by atoms with Crippen molar-refractivity contribution in [2.24, 2.45) is 5.73 Å². The Hall–Kier alpha value is -5.11. The maximum Gasteiger partial charge on any atom is 0.409 e. The molecule has 6 amide bonds. The van der Waals surface area contributed by atoms with Gasteiger partial charge < -0.3 is 26.2 Å². The summed E-state index contributed by atoms with van der Waals surface area (Å²) in [5, 5.41) is 16.0. The third-order valence-corrected chi connectivity index (χ3v) is 7.64. The standard InChI is InChI=1S/C27H25N5O8S/c1-27(23(37)32-20(22(35)36)17(40-25(28)38)14-41-24(27)32)31-21(34)19(16-10-6-3-7-11-16)30-26(39)29-18(33)13-12-15-8-4-2-5-9-15/h2-13,19,24H,14H2,1H3,(H2,28,38)(H,31,34)(H,35,36)(H2,29,30,33,39)/t19?,24-,27?/m0/s1. The monoisotopic (exact) mass is 579 g/mol. The van der Waals surface area contributed by atoms with E-state index in [1.54, 1.807) is 54.6 Å². The van der Waals surface area contributed by atoms with Gasteiger partial charge in [0.25, 0.3) is 11.8 Å². The normalized spacial score (nSPS) is 20.4. The third kappa shape index (κ3) is 6.22. The third-order valence-electron chi connectivity index (χ3n) is 6.21. The van der Waals surface area contributed by atoms with E-state index < -0.39 is 58.5 Å². The summed E-state index contributed by atoms with van der Waals surface area (Å²) in [6, 6.07) is 14.8. The maximum atomic E-state index is 13.5. The summed E-state index contributed by atoms with van der Waals surface area (Å²) in [5.74, 6) is -4.19. The summed E-state index contributed by atoms with van der Waals surface area (Å²) in [7, 11) is 0. The van der Waals surface area contributed by atoms with Crippen molar-refractivity contribution in [2.45, 2.75) is 23.9 Å². The lowest BCUT2D eigenvalue weighted by Crippen LogP contribution is -2.79. The van der Waals surface area contributed by atoms with Crippen LogP contribution in [0.5, 0.6) is 0 Å². The number of carbonyl (C=O) groups is 6. The molecule has 0 aliphatic carbocycles. The summed E-state index contributed by atoms with van der Waals surface area (Å²) >= 11 is 1.05. The van der Waals surface area contributed by atoms with Crippen molar-refractivity contribution in [1.82, 2.24) is 20.9 Å². The molecule has 0 spiro atoms. The van der Waals surface area contributed by atoms with E-state index in [0.29, 0.717) is 5.56 Å². The average Bonchev–Trinajstić information content (AvgIpc) is 2.94. The number of imide groups is 1. The van der Waals surface area contributed by atoms with Gasteiger partial charge in [0.1, 0.15) is 17.0 Å². The van der Waals surface area contributed by atoms with Crippen molar-refractivity contribution in [3.05, 3.63) is 89.3 Å². The van der Waals surface area contributed by atoms with E-state index in [1.807, 2.05) is 6.07 Å². The fraction of sp³-hybridized carbons (Fsp3) is 0.185. The molecule has 1 saturated heterocycles. The molecular weight excluding hydrogens is 554 g/mol. The van der Waals surface area contributed by atoms with Crippen LogP contribution >= 0.6 is 11.8 Å². The van der Waals surface area contributed by atoms with Crippen LogP contribution in [-0.4, -0.2) is 62.5 Å². The Morgan fingerprint density at radius 3 is 2.34 bits per heavy atom. The number of hydrogen-bond acceptors (Lipinski definition) is 8. The van der Waals surface area contributed by atoms with Gasteiger partial charge in [0.15, 0.2) is 11.5 Å². The topological polar surface area (TPSA) is 197 Å². The molecule has 0 radical (unpaired) electrons. The number of carbonyl (C=O) groups excluding carboxylic acids is 5. The smallest absolute Gasteiger partial charge is 0.409 e. The first-order chi connectivity index (χ1) is 19.5. The molecule has 2 aromatic rings. The molecule has 14 heteroatoms. The first kappa shape index (κ1) is 28.9.